The van der Waals surface area contributed by atoms with E-state index < -0.39 is 5.54 Å². The van der Waals surface area contributed by atoms with Gasteiger partial charge in [-0.05, 0) is 45.2 Å². The lowest BCUT2D eigenvalue weighted by atomic mass is 10.1. The number of hydrogen-bond donors (Lipinski definition) is 1. The molecule has 0 atom stereocenters. The zero-order valence-corrected chi connectivity index (χ0v) is 15.7. The second-order valence-corrected chi connectivity index (χ2v) is 7.71. The summed E-state index contributed by atoms with van der Waals surface area (Å²) in [5, 5.41) is 7.56. The normalized spacial score (nSPS) is 14.8. The minimum Gasteiger partial charge on any atom is -0.378 e. The zero-order chi connectivity index (χ0) is 18.0. The van der Waals surface area contributed by atoms with Crippen molar-refractivity contribution in [3.8, 4) is 0 Å². The van der Waals surface area contributed by atoms with Crippen molar-refractivity contribution >= 4 is 23.1 Å². The first kappa shape index (κ1) is 17.7. The van der Waals surface area contributed by atoms with Gasteiger partial charge < -0.3 is 10.2 Å². The van der Waals surface area contributed by atoms with Crippen molar-refractivity contribution in [1.82, 2.24) is 14.8 Å². The number of hydrogen-bond acceptors (Lipinski definition) is 5. The van der Waals surface area contributed by atoms with E-state index in [1.54, 1.807) is 6.20 Å². The van der Waals surface area contributed by atoms with Crippen molar-refractivity contribution in [1.29, 1.82) is 0 Å². The summed E-state index contributed by atoms with van der Waals surface area (Å²) >= 11 is 6.22. The largest absolute Gasteiger partial charge is 0.378 e. The Bertz CT molecular complexity index is 789. The summed E-state index contributed by atoms with van der Waals surface area (Å²) in [6.45, 7) is 8.44. The van der Waals surface area contributed by atoms with Gasteiger partial charge in [0.2, 0.25) is 0 Å². The standard InChI is InChI=1S/C18H24ClN5O/c1-18(2,3)24-17(25)16(19)14(12-22-24)20-10-13-6-7-15(21-11-13)23-8-4-5-9-23/h6-7,11-12,20H,4-5,8-10H2,1-3H3. The van der Waals surface area contributed by atoms with Crippen LogP contribution in [0.1, 0.15) is 39.2 Å². The molecule has 1 aliphatic heterocycles. The highest BCUT2D eigenvalue weighted by Gasteiger charge is 2.19. The topological polar surface area (TPSA) is 63.1 Å². The van der Waals surface area contributed by atoms with Crippen molar-refractivity contribution in [2.24, 2.45) is 0 Å². The van der Waals surface area contributed by atoms with Crippen LogP contribution in [0.5, 0.6) is 0 Å². The molecule has 0 spiro atoms. The Kier molecular flexibility index (Phi) is 4.99. The van der Waals surface area contributed by atoms with Gasteiger partial charge in [0, 0.05) is 25.8 Å². The average molecular weight is 362 g/mol. The Hall–Kier alpha value is -2.08. The maximum Gasteiger partial charge on any atom is 0.288 e. The molecule has 0 saturated carbocycles. The Morgan fingerprint density at radius 2 is 1.92 bits per heavy atom. The molecule has 25 heavy (non-hydrogen) atoms. The molecule has 0 aliphatic carbocycles. The Balaban J connectivity index is 1.69. The van der Waals surface area contributed by atoms with Crippen molar-refractivity contribution in [2.75, 3.05) is 23.3 Å². The SMILES string of the molecule is CC(C)(C)n1ncc(NCc2ccc(N3CCCC3)nc2)c(Cl)c1=O. The number of nitrogens with zero attached hydrogens (tertiary/aromatic N) is 4. The van der Waals surface area contributed by atoms with E-state index in [9.17, 15) is 4.79 Å². The molecule has 0 bridgehead atoms. The lowest BCUT2D eigenvalue weighted by Gasteiger charge is -2.21. The first-order valence-corrected chi connectivity index (χ1v) is 8.96. The molecule has 0 amide bonds. The molecule has 0 unspecified atom stereocenters. The molecule has 134 valence electrons. The van der Waals surface area contributed by atoms with E-state index in [2.05, 4.69) is 20.3 Å². The molecule has 1 fully saturated rings. The van der Waals surface area contributed by atoms with Crippen LogP contribution >= 0.6 is 11.6 Å². The van der Waals surface area contributed by atoms with Crippen LogP contribution in [0.4, 0.5) is 11.5 Å². The maximum atomic E-state index is 12.3. The van der Waals surface area contributed by atoms with Crippen LogP contribution in [0.15, 0.2) is 29.3 Å². The summed E-state index contributed by atoms with van der Waals surface area (Å²) in [7, 11) is 0. The van der Waals surface area contributed by atoms with E-state index in [1.807, 2.05) is 39.1 Å². The lowest BCUT2D eigenvalue weighted by Crippen LogP contribution is -2.36. The molecular formula is C18H24ClN5O. The fourth-order valence-electron chi connectivity index (χ4n) is 2.89. The molecule has 1 aliphatic rings. The number of anilines is 2. The van der Waals surface area contributed by atoms with Crippen LogP contribution in [-0.2, 0) is 12.1 Å². The molecule has 7 heteroatoms. The Labute approximate surface area is 152 Å². The van der Waals surface area contributed by atoms with Gasteiger partial charge in [0.15, 0.2) is 0 Å². The minimum absolute atomic E-state index is 0.159. The molecule has 3 rings (SSSR count). The fraction of sp³-hybridized carbons (Fsp3) is 0.500. The highest BCUT2D eigenvalue weighted by molar-refractivity contribution is 6.32. The van der Waals surface area contributed by atoms with Crippen molar-refractivity contribution < 1.29 is 0 Å². The predicted octanol–water partition coefficient (Wildman–Crippen LogP) is 3.26. The summed E-state index contributed by atoms with van der Waals surface area (Å²) in [4.78, 5) is 19.2. The molecule has 6 nitrogen and oxygen atoms in total. The second kappa shape index (κ2) is 7.04. The van der Waals surface area contributed by atoms with Gasteiger partial charge in [-0.25, -0.2) is 9.67 Å². The first-order valence-electron chi connectivity index (χ1n) is 8.58. The smallest absolute Gasteiger partial charge is 0.288 e. The molecule has 1 saturated heterocycles. The minimum atomic E-state index is -0.408. The maximum absolute atomic E-state index is 12.3. The van der Waals surface area contributed by atoms with E-state index in [0.717, 1.165) is 24.5 Å². The Morgan fingerprint density at radius 3 is 2.52 bits per heavy atom. The van der Waals surface area contributed by atoms with Crippen LogP contribution in [0.2, 0.25) is 5.02 Å². The first-order chi connectivity index (χ1) is 11.9. The molecule has 2 aromatic rings. The number of pyridine rings is 1. The summed E-state index contributed by atoms with van der Waals surface area (Å²) < 4.78 is 1.40. The van der Waals surface area contributed by atoms with Crippen molar-refractivity contribution in [3.63, 3.8) is 0 Å². The third-order valence-electron chi connectivity index (χ3n) is 4.28. The van der Waals surface area contributed by atoms with Gasteiger partial charge in [-0.15, -0.1) is 0 Å². The summed E-state index contributed by atoms with van der Waals surface area (Å²) in [5.74, 6) is 1.02. The highest BCUT2D eigenvalue weighted by Crippen LogP contribution is 2.20. The van der Waals surface area contributed by atoms with Crippen molar-refractivity contribution in [2.45, 2.75) is 45.7 Å². The zero-order valence-electron chi connectivity index (χ0n) is 14.9. The quantitative estimate of drug-likeness (QED) is 0.905. The summed E-state index contributed by atoms with van der Waals surface area (Å²) in [6, 6.07) is 4.09. The van der Waals surface area contributed by atoms with Crippen LogP contribution in [0.25, 0.3) is 0 Å². The van der Waals surface area contributed by atoms with Gasteiger partial charge >= 0.3 is 0 Å². The third-order valence-corrected chi connectivity index (χ3v) is 4.64. The predicted molar refractivity (Wildman–Crippen MR) is 102 cm³/mol. The number of aromatic nitrogens is 3. The molecule has 0 aromatic carbocycles. The molecule has 2 aromatic heterocycles. The molecule has 3 heterocycles. The second-order valence-electron chi connectivity index (χ2n) is 7.33. The average Bonchev–Trinajstić information content (AvgIpc) is 3.10. The van der Waals surface area contributed by atoms with Gasteiger partial charge in [0.05, 0.1) is 17.4 Å². The van der Waals surface area contributed by atoms with E-state index in [0.29, 0.717) is 12.2 Å². The van der Waals surface area contributed by atoms with Gasteiger partial charge in [-0.1, -0.05) is 17.7 Å². The monoisotopic (exact) mass is 361 g/mol. The Morgan fingerprint density at radius 1 is 1.20 bits per heavy atom. The van der Waals surface area contributed by atoms with E-state index >= 15 is 0 Å². The van der Waals surface area contributed by atoms with Gasteiger partial charge in [-0.2, -0.15) is 5.10 Å². The lowest BCUT2D eigenvalue weighted by molar-refractivity contribution is 0.338. The van der Waals surface area contributed by atoms with Gasteiger partial charge in [0.1, 0.15) is 10.8 Å². The van der Waals surface area contributed by atoms with E-state index in [-0.39, 0.29) is 10.6 Å². The fourth-order valence-corrected chi connectivity index (χ4v) is 3.08. The van der Waals surface area contributed by atoms with Crippen LogP contribution in [0.3, 0.4) is 0 Å². The molecular weight excluding hydrogens is 338 g/mol. The summed E-state index contributed by atoms with van der Waals surface area (Å²) in [5.41, 5.74) is 0.866. The van der Waals surface area contributed by atoms with Crippen LogP contribution < -0.4 is 15.8 Å². The highest BCUT2D eigenvalue weighted by atomic mass is 35.5. The van der Waals surface area contributed by atoms with Crippen molar-refractivity contribution in [3.05, 3.63) is 45.5 Å². The molecule has 1 N–H and O–H groups in total. The summed E-state index contributed by atoms with van der Waals surface area (Å²) in [6.07, 6.45) is 5.92. The van der Waals surface area contributed by atoms with E-state index in [4.69, 9.17) is 11.6 Å². The van der Waals surface area contributed by atoms with Crippen LogP contribution in [0, 0.1) is 0 Å². The van der Waals surface area contributed by atoms with Crippen LogP contribution in [-0.4, -0.2) is 27.9 Å². The number of rotatable bonds is 4. The van der Waals surface area contributed by atoms with E-state index in [1.165, 1.54) is 17.5 Å². The third kappa shape index (κ3) is 3.95. The number of halogens is 1. The molecule has 0 radical (unpaired) electrons. The van der Waals surface area contributed by atoms with Gasteiger partial charge in [0.25, 0.3) is 5.56 Å². The van der Waals surface area contributed by atoms with Gasteiger partial charge in [-0.3, -0.25) is 4.79 Å². The number of nitrogens with one attached hydrogen (secondary N) is 1.